The third-order valence-corrected chi connectivity index (χ3v) is 2.36. The van der Waals surface area contributed by atoms with Crippen molar-refractivity contribution in [2.75, 3.05) is 13.2 Å². The predicted octanol–water partition coefficient (Wildman–Crippen LogP) is 1.80. The molecule has 0 saturated carbocycles. The van der Waals surface area contributed by atoms with Crippen LogP contribution in [-0.4, -0.2) is 24.8 Å². The molecule has 0 aliphatic heterocycles. The molecular weight excluding hydrogens is 162 g/mol. The Balaban J connectivity index is 4.41. The summed E-state index contributed by atoms with van der Waals surface area (Å²) in [6.07, 6.45) is 6.38. The first-order chi connectivity index (χ1) is 6.14. The van der Waals surface area contributed by atoms with E-state index in [4.69, 9.17) is 11.2 Å². The summed E-state index contributed by atoms with van der Waals surface area (Å²) in [7, 11) is 0. The van der Waals surface area contributed by atoms with Crippen molar-refractivity contribution in [3.63, 3.8) is 0 Å². The van der Waals surface area contributed by atoms with Gasteiger partial charge in [0.1, 0.15) is 0 Å². The summed E-state index contributed by atoms with van der Waals surface area (Å²) in [6.45, 7) is 9.77. The third kappa shape index (κ3) is 3.38. The van der Waals surface area contributed by atoms with Gasteiger partial charge < -0.3 is 10.1 Å². The maximum absolute atomic E-state index is 5.68. The van der Waals surface area contributed by atoms with E-state index in [-0.39, 0.29) is 11.6 Å². The Hall–Kier alpha value is -0.520. The van der Waals surface area contributed by atoms with Gasteiger partial charge in [-0.15, -0.1) is 6.42 Å². The molecule has 0 spiro atoms. The van der Waals surface area contributed by atoms with Gasteiger partial charge in [0, 0.05) is 6.61 Å². The van der Waals surface area contributed by atoms with Gasteiger partial charge in [-0.1, -0.05) is 19.8 Å². The smallest absolute Gasteiger partial charge is 0.0978 e. The molecule has 0 aliphatic rings. The molecule has 76 valence electrons. The van der Waals surface area contributed by atoms with Crippen LogP contribution in [0.3, 0.4) is 0 Å². The van der Waals surface area contributed by atoms with Crippen LogP contribution in [0, 0.1) is 12.3 Å². The molecule has 0 heterocycles. The molecule has 0 amide bonds. The van der Waals surface area contributed by atoms with E-state index in [1.165, 1.54) is 0 Å². The van der Waals surface area contributed by atoms with E-state index < -0.39 is 0 Å². The van der Waals surface area contributed by atoms with E-state index in [1.807, 2.05) is 13.8 Å². The quantitative estimate of drug-likeness (QED) is 0.634. The van der Waals surface area contributed by atoms with Crippen molar-refractivity contribution in [2.45, 2.75) is 45.8 Å². The molecule has 2 nitrogen and oxygen atoms in total. The summed E-state index contributed by atoms with van der Waals surface area (Å²) in [4.78, 5) is 0. The lowest BCUT2D eigenvalue weighted by Crippen LogP contribution is -2.49. The van der Waals surface area contributed by atoms with Crippen LogP contribution in [0.15, 0.2) is 0 Å². The topological polar surface area (TPSA) is 21.3 Å². The molecule has 2 atom stereocenters. The highest BCUT2D eigenvalue weighted by Gasteiger charge is 2.31. The Labute approximate surface area is 82.1 Å². The van der Waals surface area contributed by atoms with Gasteiger partial charge in [0.15, 0.2) is 0 Å². The van der Waals surface area contributed by atoms with Crippen molar-refractivity contribution < 1.29 is 4.74 Å². The average molecular weight is 183 g/mol. The second-order valence-corrected chi connectivity index (χ2v) is 3.26. The van der Waals surface area contributed by atoms with Crippen molar-refractivity contribution in [3.05, 3.63) is 0 Å². The van der Waals surface area contributed by atoms with Crippen molar-refractivity contribution in [2.24, 2.45) is 0 Å². The standard InChI is InChI=1S/C11H21NO/c1-6-10(12-8-3)11(5,7-2)13-9-4/h1,10,12H,7-9H2,2-5H3. The zero-order valence-electron chi connectivity index (χ0n) is 9.18. The molecule has 0 radical (unpaired) electrons. The van der Waals surface area contributed by atoms with Crippen LogP contribution in [0.5, 0.6) is 0 Å². The number of likely N-dealkylation sites (N-methyl/N-ethyl adjacent to an activating group) is 1. The molecule has 0 aromatic rings. The molecule has 1 N–H and O–H groups in total. The highest BCUT2D eigenvalue weighted by molar-refractivity contribution is 5.08. The second kappa shape index (κ2) is 6.01. The fourth-order valence-corrected chi connectivity index (χ4v) is 1.37. The van der Waals surface area contributed by atoms with Crippen LogP contribution in [0.25, 0.3) is 0 Å². The fraction of sp³-hybridized carbons (Fsp3) is 0.818. The molecule has 13 heavy (non-hydrogen) atoms. The van der Waals surface area contributed by atoms with Crippen molar-refractivity contribution in [1.82, 2.24) is 5.32 Å². The largest absolute Gasteiger partial charge is 0.373 e. The molecule has 0 bridgehead atoms. The van der Waals surface area contributed by atoms with Gasteiger partial charge in [0.25, 0.3) is 0 Å². The van der Waals surface area contributed by atoms with Gasteiger partial charge in [-0.3, -0.25) is 0 Å². The molecular formula is C11H21NO. The lowest BCUT2D eigenvalue weighted by Gasteiger charge is -2.34. The van der Waals surface area contributed by atoms with Crippen LogP contribution in [0.2, 0.25) is 0 Å². The molecule has 0 fully saturated rings. The molecule has 0 aromatic carbocycles. The van der Waals surface area contributed by atoms with E-state index in [0.717, 1.165) is 13.0 Å². The maximum Gasteiger partial charge on any atom is 0.0978 e. The molecule has 2 heteroatoms. The van der Waals surface area contributed by atoms with Crippen LogP contribution in [0.1, 0.15) is 34.1 Å². The average Bonchev–Trinajstić information content (AvgIpc) is 2.14. The van der Waals surface area contributed by atoms with Gasteiger partial charge in [-0.2, -0.15) is 0 Å². The molecule has 0 saturated heterocycles. The Morgan fingerprint density at radius 3 is 2.38 bits per heavy atom. The first-order valence-corrected chi connectivity index (χ1v) is 4.98. The number of nitrogens with one attached hydrogen (secondary N) is 1. The third-order valence-electron chi connectivity index (χ3n) is 2.36. The van der Waals surface area contributed by atoms with E-state index in [2.05, 4.69) is 25.1 Å². The predicted molar refractivity (Wildman–Crippen MR) is 56.6 cm³/mol. The molecule has 2 unspecified atom stereocenters. The summed E-state index contributed by atoms with van der Waals surface area (Å²) >= 11 is 0. The fourth-order valence-electron chi connectivity index (χ4n) is 1.37. The number of hydrogen-bond donors (Lipinski definition) is 1. The Morgan fingerprint density at radius 1 is 1.46 bits per heavy atom. The van der Waals surface area contributed by atoms with Crippen LogP contribution in [0.4, 0.5) is 0 Å². The lowest BCUT2D eigenvalue weighted by atomic mass is 9.93. The second-order valence-electron chi connectivity index (χ2n) is 3.26. The summed E-state index contributed by atoms with van der Waals surface area (Å²) in [5.41, 5.74) is -0.237. The summed E-state index contributed by atoms with van der Waals surface area (Å²) < 4.78 is 5.68. The number of terminal acetylenes is 1. The van der Waals surface area contributed by atoms with Gasteiger partial charge in [0.2, 0.25) is 0 Å². The van der Waals surface area contributed by atoms with E-state index >= 15 is 0 Å². The molecule has 0 aliphatic carbocycles. The zero-order valence-corrected chi connectivity index (χ0v) is 9.18. The maximum atomic E-state index is 5.68. The minimum absolute atomic E-state index is 0.00227. The van der Waals surface area contributed by atoms with Crippen molar-refractivity contribution in [1.29, 1.82) is 0 Å². The molecule has 0 aromatic heterocycles. The van der Waals surface area contributed by atoms with E-state index in [1.54, 1.807) is 0 Å². The minimum Gasteiger partial charge on any atom is -0.373 e. The highest BCUT2D eigenvalue weighted by Crippen LogP contribution is 2.19. The number of ether oxygens (including phenoxy) is 1. The van der Waals surface area contributed by atoms with Crippen LogP contribution < -0.4 is 5.32 Å². The van der Waals surface area contributed by atoms with Gasteiger partial charge in [-0.05, 0) is 26.8 Å². The van der Waals surface area contributed by atoms with E-state index in [9.17, 15) is 0 Å². The zero-order chi connectivity index (χ0) is 10.3. The first-order valence-electron chi connectivity index (χ1n) is 4.98. The van der Waals surface area contributed by atoms with Gasteiger partial charge >= 0.3 is 0 Å². The van der Waals surface area contributed by atoms with Crippen LogP contribution in [-0.2, 0) is 4.74 Å². The summed E-state index contributed by atoms with van der Waals surface area (Å²) in [5, 5.41) is 3.25. The van der Waals surface area contributed by atoms with Crippen molar-refractivity contribution >= 4 is 0 Å². The SMILES string of the molecule is C#CC(NCC)C(C)(CC)OCC. The van der Waals surface area contributed by atoms with Crippen molar-refractivity contribution in [3.8, 4) is 12.3 Å². The number of rotatable bonds is 6. The normalized spacial score (nSPS) is 17.5. The summed E-state index contributed by atoms with van der Waals surface area (Å²) in [6, 6.07) is 0.00227. The highest BCUT2D eigenvalue weighted by atomic mass is 16.5. The lowest BCUT2D eigenvalue weighted by molar-refractivity contribution is -0.0415. The Kier molecular flexibility index (Phi) is 5.77. The van der Waals surface area contributed by atoms with Crippen LogP contribution >= 0.6 is 0 Å². The monoisotopic (exact) mass is 183 g/mol. The first kappa shape index (κ1) is 12.5. The Morgan fingerprint density at radius 2 is 2.08 bits per heavy atom. The van der Waals surface area contributed by atoms with Gasteiger partial charge in [-0.25, -0.2) is 0 Å². The molecule has 0 rings (SSSR count). The van der Waals surface area contributed by atoms with Gasteiger partial charge in [0.05, 0.1) is 11.6 Å². The minimum atomic E-state index is -0.237. The van der Waals surface area contributed by atoms with E-state index in [0.29, 0.717) is 6.61 Å². The number of hydrogen-bond acceptors (Lipinski definition) is 2. The Bertz CT molecular complexity index is 173. The summed E-state index contributed by atoms with van der Waals surface area (Å²) in [5.74, 6) is 2.74.